The Hall–Kier alpha value is -2.99. The van der Waals surface area contributed by atoms with Crippen molar-refractivity contribution >= 4 is 34.5 Å². The SMILES string of the molecule is Cc1ccccc1NC(=O)Cc1nc(-c2ccc3c(c2)[C@H](C)C(=O)N3)cs1. The van der Waals surface area contributed by atoms with Crippen LogP contribution in [0.25, 0.3) is 11.3 Å². The van der Waals surface area contributed by atoms with E-state index in [-0.39, 0.29) is 24.2 Å². The highest BCUT2D eigenvalue weighted by atomic mass is 32.1. The van der Waals surface area contributed by atoms with Crippen LogP contribution in [0.15, 0.2) is 47.8 Å². The molecule has 136 valence electrons. The molecule has 0 bridgehead atoms. The lowest BCUT2D eigenvalue weighted by Crippen LogP contribution is -2.14. The number of rotatable bonds is 4. The Bertz CT molecular complexity index is 1040. The molecule has 0 saturated heterocycles. The molecule has 0 radical (unpaired) electrons. The number of carbonyl (C=O) groups excluding carboxylic acids is 2. The molecule has 0 fully saturated rings. The van der Waals surface area contributed by atoms with Gasteiger partial charge in [-0.15, -0.1) is 11.3 Å². The summed E-state index contributed by atoms with van der Waals surface area (Å²) in [5, 5.41) is 8.52. The van der Waals surface area contributed by atoms with Crippen molar-refractivity contribution in [3.8, 4) is 11.3 Å². The van der Waals surface area contributed by atoms with Crippen LogP contribution in [0.3, 0.4) is 0 Å². The predicted octanol–water partition coefficient (Wildman–Crippen LogP) is 4.36. The van der Waals surface area contributed by atoms with Crippen LogP contribution in [0.4, 0.5) is 11.4 Å². The molecule has 3 aromatic rings. The van der Waals surface area contributed by atoms with Crippen molar-refractivity contribution in [1.82, 2.24) is 4.98 Å². The monoisotopic (exact) mass is 377 g/mol. The van der Waals surface area contributed by atoms with Crippen molar-refractivity contribution in [2.75, 3.05) is 10.6 Å². The molecule has 1 aromatic heterocycles. The molecule has 2 N–H and O–H groups in total. The fraction of sp³-hybridized carbons (Fsp3) is 0.190. The summed E-state index contributed by atoms with van der Waals surface area (Å²) < 4.78 is 0. The van der Waals surface area contributed by atoms with E-state index in [0.717, 1.165) is 38.8 Å². The number of fused-ring (bicyclic) bond motifs is 1. The number of para-hydroxylation sites is 1. The van der Waals surface area contributed by atoms with Gasteiger partial charge in [0, 0.05) is 22.3 Å². The van der Waals surface area contributed by atoms with Crippen LogP contribution in [0.1, 0.15) is 29.0 Å². The first-order valence-electron chi connectivity index (χ1n) is 8.76. The molecule has 2 aromatic carbocycles. The molecule has 0 spiro atoms. The molecule has 1 aliphatic rings. The number of carbonyl (C=O) groups is 2. The summed E-state index contributed by atoms with van der Waals surface area (Å²) in [6.07, 6.45) is 0.236. The molecule has 4 rings (SSSR count). The van der Waals surface area contributed by atoms with Crippen LogP contribution in [0, 0.1) is 6.92 Å². The van der Waals surface area contributed by atoms with E-state index in [9.17, 15) is 9.59 Å². The second-order valence-corrected chi connectivity index (χ2v) is 7.62. The average Bonchev–Trinajstić information content (AvgIpc) is 3.22. The fourth-order valence-corrected chi connectivity index (χ4v) is 3.95. The van der Waals surface area contributed by atoms with E-state index in [0.29, 0.717) is 0 Å². The van der Waals surface area contributed by atoms with Crippen molar-refractivity contribution in [3.05, 3.63) is 64.0 Å². The third-order valence-electron chi connectivity index (χ3n) is 4.75. The largest absolute Gasteiger partial charge is 0.325 e. The van der Waals surface area contributed by atoms with Crippen molar-refractivity contribution in [3.63, 3.8) is 0 Å². The number of aromatic nitrogens is 1. The van der Waals surface area contributed by atoms with Gasteiger partial charge in [0.05, 0.1) is 18.0 Å². The normalized spacial score (nSPS) is 15.3. The zero-order valence-electron chi connectivity index (χ0n) is 15.1. The van der Waals surface area contributed by atoms with Crippen LogP contribution in [0.5, 0.6) is 0 Å². The minimum Gasteiger partial charge on any atom is -0.325 e. The smallest absolute Gasteiger partial charge is 0.231 e. The van der Waals surface area contributed by atoms with Crippen LogP contribution in [0.2, 0.25) is 0 Å². The van der Waals surface area contributed by atoms with Crippen molar-refractivity contribution < 1.29 is 9.59 Å². The van der Waals surface area contributed by atoms with Gasteiger partial charge in [0.15, 0.2) is 0 Å². The van der Waals surface area contributed by atoms with Gasteiger partial charge in [-0.2, -0.15) is 0 Å². The minimum atomic E-state index is -0.155. The molecule has 6 heteroatoms. The Morgan fingerprint density at radius 2 is 2.07 bits per heavy atom. The van der Waals surface area contributed by atoms with Crippen LogP contribution >= 0.6 is 11.3 Å². The van der Waals surface area contributed by atoms with Crippen molar-refractivity contribution in [2.45, 2.75) is 26.2 Å². The summed E-state index contributed by atoms with van der Waals surface area (Å²) in [5.41, 5.74) is 5.49. The number of hydrogen-bond acceptors (Lipinski definition) is 4. The summed E-state index contributed by atoms with van der Waals surface area (Å²) in [7, 11) is 0. The third-order valence-corrected chi connectivity index (χ3v) is 5.60. The maximum Gasteiger partial charge on any atom is 0.231 e. The summed E-state index contributed by atoms with van der Waals surface area (Å²) >= 11 is 1.47. The maximum atomic E-state index is 12.3. The zero-order valence-corrected chi connectivity index (χ0v) is 15.9. The maximum absolute atomic E-state index is 12.3. The first kappa shape index (κ1) is 17.4. The Kier molecular flexibility index (Phi) is 4.49. The number of amides is 2. The molecule has 1 aliphatic heterocycles. The number of anilines is 2. The highest BCUT2D eigenvalue weighted by Gasteiger charge is 2.26. The van der Waals surface area contributed by atoms with Crippen molar-refractivity contribution in [1.29, 1.82) is 0 Å². The summed E-state index contributed by atoms with van der Waals surface area (Å²) in [6.45, 7) is 3.86. The number of nitrogens with one attached hydrogen (secondary N) is 2. The minimum absolute atomic E-state index is 0.0222. The molecule has 5 nitrogen and oxygen atoms in total. The van der Waals surface area contributed by atoms with Gasteiger partial charge in [-0.3, -0.25) is 9.59 Å². The Labute approximate surface area is 161 Å². The van der Waals surface area contributed by atoms with E-state index in [4.69, 9.17) is 0 Å². The quantitative estimate of drug-likeness (QED) is 0.710. The first-order valence-corrected chi connectivity index (χ1v) is 9.64. The van der Waals surface area contributed by atoms with Crippen molar-refractivity contribution in [2.24, 2.45) is 0 Å². The number of nitrogens with zero attached hydrogens (tertiary/aromatic N) is 1. The molecule has 0 aliphatic carbocycles. The zero-order chi connectivity index (χ0) is 19.0. The van der Waals surface area contributed by atoms with E-state index >= 15 is 0 Å². The van der Waals surface area contributed by atoms with Crippen LogP contribution in [-0.4, -0.2) is 16.8 Å². The van der Waals surface area contributed by atoms with E-state index < -0.39 is 0 Å². The lowest BCUT2D eigenvalue weighted by Gasteiger charge is -2.06. The van der Waals surface area contributed by atoms with E-state index in [2.05, 4.69) is 15.6 Å². The van der Waals surface area contributed by atoms with Gasteiger partial charge < -0.3 is 10.6 Å². The Morgan fingerprint density at radius 1 is 1.26 bits per heavy atom. The molecular formula is C21H19N3O2S. The summed E-state index contributed by atoms with van der Waals surface area (Å²) in [6, 6.07) is 13.6. The first-order chi connectivity index (χ1) is 13.0. The second kappa shape index (κ2) is 6.96. The number of aryl methyl sites for hydroxylation is 1. The number of benzene rings is 2. The molecule has 2 heterocycles. The van der Waals surface area contributed by atoms with Gasteiger partial charge in [-0.25, -0.2) is 4.98 Å². The summed E-state index contributed by atoms with van der Waals surface area (Å²) in [4.78, 5) is 28.7. The molecular weight excluding hydrogens is 358 g/mol. The standard InChI is InChI=1S/C21H19N3O2S/c1-12-5-3-4-6-16(12)22-19(25)10-20-23-18(11-27-20)14-7-8-17-15(9-14)13(2)21(26)24-17/h3-9,11,13H,10H2,1-2H3,(H,22,25)(H,24,26)/t13-/m0/s1. The van der Waals surface area contributed by atoms with Gasteiger partial charge in [-0.1, -0.05) is 24.3 Å². The number of hydrogen-bond donors (Lipinski definition) is 2. The van der Waals surface area contributed by atoms with Gasteiger partial charge >= 0.3 is 0 Å². The van der Waals surface area contributed by atoms with E-state index in [1.165, 1.54) is 11.3 Å². The molecule has 0 saturated carbocycles. The predicted molar refractivity (Wildman–Crippen MR) is 108 cm³/mol. The Morgan fingerprint density at radius 3 is 2.89 bits per heavy atom. The average molecular weight is 377 g/mol. The van der Waals surface area contributed by atoms with Crippen LogP contribution < -0.4 is 10.6 Å². The van der Waals surface area contributed by atoms with Gasteiger partial charge in [0.2, 0.25) is 11.8 Å². The Balaban J connectivity index is 1.49. The highest BCUT2D eigenvalue weighted by molar-refractivity contribution is 7.10. The fourth-order valence-electron chi connectivity index (χ4n) is 3.15. The molecule has 2 amide bonds. The van der Waals surface area contributed by atoms with E-state index in [1.54, 1.807) is 0 Å². The molecule has 1 atom stereocenters. The second-order valence-electron chi connectivity index (χ2n) is 6.68. The molecule has 0 unspecified atom stereocenters. The lowest BCUT2D eigenvalue weighted by molar-refractivity contribution is -0.117. The third kappa shape index (κ3) is 3.48. The van der Waals surface area contributed by atoms with Gasteiger partial charge in [0.1, 0.15) is 5.01 Å². The lowest BCUT2D eigenvalue weighted by atomic mass is 10.00. The molecule has 27 heavy (non-hydrogen) atoms. The van der Waals surface area contributed by atoms with E-state index in [1.807, 2.05) is 61.7 Å². The van der Waals surface area contributed by atoms with Gasteiger partial charge in [0.25, 0.3) is 0 Å². The van der Waals surface area contributed by atoms with Gasteiger partial charge in [-0.05, 0) is 43.2 Å². The highest BCUT2D eigenvalue weighted by Crippen LogP contribution is 2.35. The summed E-state index contributed by atoms with van der Waals surface area (Å²) in [5.74, 6) is -0.213. The number of thiazole rings is 1. The van der Waals surface area contributed by atoms with Crippen LogP contribution in [-0.2, 0) is 16.0 Å². The topological polar surface area (TPSA) is 71.1 Å².